The molecule has 1 aliphatic heterocycles. The van der Waals surface area contributed by atoms with Crippen LogP contribution >= 0.6 is 22.9 Å². The maximum absolute atomic E-state index is 12.5. The fourth-order valence-electron chi connectivity index (χ4n) is 2.90. The molecule has 1 aromatic carbocycles. The number of carbonyl (C=O) groups excluding carboxylic acids is 1. The van der Waals surface area contributed by atoms with Crippen molar-refractivity contribution in [1.29, 1.82) is 0 Å². The van der Waals surface area contributed by atoms with Crippen molar-refractivity contribution in [3.05, 3.63) is 46.3 Å². The molecule has 6 nitrogen and oxygen atoms in total. The minimum absolute atomic E-state index is 0.125. The number of sulfonamides is 1. The van der Waals surface area contributed by atoms with E-state index < -0.39 is 10.0 Å². The van der Waals surface area contributed by atoms with Gasteiger partial charge in [-0.1, -0.05) is 23.7 Å². The van der Waals surface area contributed by atoms with E-state index in [9.17, 15) is 13.2 Å². The lowest BCUT2D eigenvalue weighted by Gasteiger charge is -2.30. The fraction of sp³-hybridized carbons (Fsp3) is 0.353. The summed E-state index contributed by atoms with van der Waals surface area (Å²) in [5.74, 6) is -0.125. The van der Waals surface area contributed by atoms with E-state index in [1.165, 1.54) is 15.6 Å². The summed E-state index contributed by atoms with van der Waals surface area (Å²) < 4.78 is 26.9. The van der Waals surface area contributed by atoms with E-state index >= 15 is 0 Å². The van der Waals surface area contributed by atoms with E-state index in [1.807, 2.05) is 13.0 Å². The molecule has 2 N–H and O–H groups in total. The molecule has 26 heavy (non-hydrogen) atoms. The molecule has 0 saturated carbocycles. The Labute approximate surface area is 162 Å². The second kappa shape index (κ2) is 8.06. The van der Waals surface area contributed by atoms with Crippen molar-refractivity contribution in [3.63, 3.8) is 0 Å². The largest absolute Gasteiger partial charge is 0.325 e. The van der Waals surface area contributed by atoms with Crippen LogP contribution in [0.25, 0.3) is 0 Å². The van der Waals surface area contributed by atoms with Crippen LogP contribution in [-0.4, -0.2) is 51.4 Å². The van der Waals surface area contributed by atoms with E-state index in [0.717, 1.165) is 10.5 Å². The molecule has 2 aromatic rings. The lowest BCUT2D eigenvalue weighted by atomic mass is 10.2. The molecular weight excluding hydrogens is 394 g/mol. The highest BCUT2D eigenvalue weighted by Crippen LogP contribution is 2.22. The number of amides is 1. The zero-order valence-corrected chi connectivity index (χ0v) is 16.8. The van der Waals surface area contributed by atoms with Crippen LogP contribution in [0.2, 0.25) is 5.02 Å². The third kappa shape index (κ3) is 4.44. The molecule has 0 radical (unpaired) electrons. The molecule has 1 aliphatic rings. The van der Waals surface area contributed by atoms with Gasteiger partial charge in [0.05, 0.1) is 36.9 Å². The number of carbonyl (C=O) groups is 1. The van der Waals surface area contributed by atoms with E-state index in [-0.39, 0.29) is 12.5 Å². The monoisotopic (exact) mass is 414 g/mol. The number of thiophene rings is 1. The Hall–Kier alpha value is -1.45. The Morgan fingerprint density at radius 2 is 2.04 bits per heavy atom. The van der Waals surface area contributed by atoms with Crippen LogP contribution in [0.4, 0.5) is 5.69 Å². The van der Waals surface area contributed by atoms with Crippen molar-refractivity contribution in [2.75, 3.05) is 38.0 Å². The predicted molar refractivity (Wildman–Crippen MR) is 103 cm³/mol. The van der Waals surface area contributed by atoms with Gasteiger partial charge in [0.15, 0.2) is 6.54 Å². The summed E-state index contributed by atoms with van der Waals surface area (Å²) in [4.78, 5) is 13.3. The summed E-state index contributed by atoms with van der Waals surface area (Å²) in [6.45, 7) is 4.24. The zero-order valence-electron chi connectivity index (χ0n) is 14.4. The number of nitrogens with one attached hydrogen (secondary N) is 2. The maximum atomic E-state index is 12.5. The Morgan fingerprint density at radius 1 is 1.31 bits per heavy atom. The number of quaternary nitrogens is 1. The van der Waals surface area contributed by atoms with Gasteiger partial charge in [-0.25, -0.2) is 8.42 Å². The molecule has 1 amide bonds. The van der Waals surface area contributed by atoms with Gasteiger partial charge in [0.25, 0.3) is 15.9 Å². The number of anilines is 1. The topological polar surface area (TPSA) is 70.9 Å². The quantitative estimate of drug-likeness (QED) is 0.773. The molecule has 9 heteroatoms. The van der Waals surface area contributed by atoms with Crippen molar-refractivity contribution < 1.29 is 18.1 Å². The standard InChI is InChI=1S/C17H20ClN3O3S2/c1-13-4-5-15(14(18)11-13)19-16(22)12-20-6-8-21(9-7-20)26(23,24)17-3-2-10-25-17/h2-5,10-11H,6-9,12H2,1H3,(H,19,22)/p+1. The average Bonchev–Trinajstić information content (AvgIpc) is 3.13. The van der Waals surface area contributed by atoms with Gasteiger partial charge in [0.1, 0.15) is 4.21 Å². The normalized spacial score (nSPS) is 16.5. The Kier molecular flexibility index (Phi) is 5.99. The van der Waals surface area contributed by atoms with Crippen molar-refractivity contribution in [2.45, 2.75) is 11.1 Å². The molecule has 0 aliphatic carbocycles. The molecular formula is C17H21ClN3O3S2+. The third-order valence-electron chi connectivity index (χ3n) is 4.33. The fourth-order valence-corrected chi connectivity index (χ4v) is 5.77. The molecule has 1 fully saturated rings. The molecule has 1 aromatic heterocycles. The second-order valence-electron chi connectivity index (χ2n) is 6.29. The van der Waals surface area contributed by atoms with Gasteiger partial charge in [0.2, 0.25) is 0 Å². The highest BCUT2D eigenvalue weighted by molar-refractivity contribution is 7.91. The van der Waals surface area contributed by atoms with Gasteiger partial charge < -0.3 is 10.2 Å². The molecule has 0 atom stereocenters. The number of halogens is 1. The second-order valence-corrected chi connectivity index (χ2v) is 9.81. The summed E-state index contributed by atoms with van der Waals surface area (Å²) in [5, 5.41) is 5.10. The Morgan fingerprint density at radius 3 is 2.65 bits per heavy atom. The van der Waals surface area contributed by atoms with E-state index in [4.69, 9.17) is 11.6 Å². The minimum atomic E-state index is -3.41. The van der Waals surface area contributed by atoms with Crippen LogP contribution in [0.1, 0.15) is 5.56 Å². The number of benzene rings is 1. The van der Waals surface area contributed by atoms with Crippen LogP contribution in [-0.2, 0) is 14.8 Å². The van der Waals surface area contributed by atoms with Gasteiger partial charge in [-0.2, -0.15) is 4.31 Å². The maximum Gasteiger partial charge on any atom is 0.279 e. The first kappa shape index (κ1) is 19.3. The summed E-state index contributed by atoms with van der Waals surface area (Å²) in [6, 6.07) is 8.84. The molecule has 0 bridgehead atoms. The number of hydrogen-bond acceptors (Lipinski definition) is 4. The van der Waals surface area contributed by atoms with E-state index in [1.54, 1.807) is 29.6 Å². The molecule has 0 spiro atoms. The molecule has 3 rings (SSSR count). The van der Waals surface area contributed by atoms with Gasteiger partial charge in [-0.3, -0.25) is 4.79 Å². The Balaban J connectivity index is 1.53. The number of piperazine rings is 1. The highest BCUT2D eigenvalue weighted by Gasteiger charge is 2.31. The van der Waals surface area contributed by atoms with Gasteiger partial charge in [-0.05, 0) is 36.1 Å². The summed E-state index contributed by atoms with van der Waals surface area (Å²) >= 11 is 7.37. The number of rotatable bonds is 5. The Bertz CT molecular complexity index is 877. The van der Waals surface area contributed by atoms with Crippen LogP contribution in [0.3, 0.4) is 0 Å². The first-order chi connectivity index (χ1) is 12.4. The first-order valence-corrected chi connectivity index (χ1v) is 11.0. The minimum Gasteiger partial charge on any atom is -0.325 e. The van der Waals surface area contributed by atoms with Crippen LogP contribution in [0, 0.1) is 6.92 Å². The van der Waals surface area contributed by atoms with Crippen LogP contribution in [0.5, 0.6) is 0 Å². The molecule has 1 saturated heterocycles. The lowest BCUT2D eigenvalue weighted by Crippen LogP contribution is -3.15. The number of hydrogen-bond donors (Lipinski definition) is 2. The molecule has 2 heterocycles. The van der Waals surface area contributed by atoms with Crippen molar-refractivity contribution in [2.24, 2.45) is 0 Å². The third-order valence-corrected chi connectivity index (χ3v) is 7.91. The van der Waals surface area contributed by atoms with Crippen molar-refractivity contribution >= 4 is 44.6 Å². The van der Waals surface area contributed by atoms with E-state index in [0.29, 0.717) is 41.1 Å². The number of nitrogens with zero attached hydrogens (tertiary/aromatic N) is 1. The van der Waals surface area contributed by atoms with Crippen molar-refractivity contribution in [1.82, 2.24) is 4.31 Å². The van der Waals surface area contributed by atoms with Crippen LogP contribution in [0.15, 0.2) is 39.9 Å². The zero-order chi connectivity index (χ0) is 18.7. The first-order valence-electron chi connectivity index (χ1n) is 8.29. The SMILES string of the molecule is Cc1ccc(NC(=O)C[NH+]2CCN(S(=O)(=O)c3cccs3)CC2)c(Cl)c1. The predicted octanol–water partition coefficient (Wildman–Crippen LogP) is 1.24. The van der Waals surface area contributed by atoms with Crippen molar-refractivity contribution in [3.8, 4) is 0 Å². The lowest BCUT2D eigenvalue weighted by molar-refractivity contribution is -0.895. The molecule has 140 valence electrons. The smallest absolute Gasteiger partial charge is 0.279 e. The number of aryl methyl sites for hydroxylation is 1. The van der Waals surface area contributed by atoms with E-state index in [2.05, 4.69) is 5.32 Å². The summed E-state index contributed by atoms with van der Waals surface area (Å²) in [5.41, 5.74) is 1.63. The van der Waals surface area contributed by atoms with Gasteiger partial charge in [-0.15, -0.1) is 11.3 Å². The molecule has 0 unspecified atom stereocenters. The van der Waals surface area contributed by atoms with Gasteiger partial charge >= 0.3 is 0 Å². The average molecular weight is 415 g/mol. The van der Waals surface area contributed by atoms with Gasteiger partial charge in [0, 0.05) is 0 Å². The highest BCUT2D eigenvalue weighted by atomic mass is 35.5. The summed E-state index contributed by atoms with van der Waals surface area (Å²) in [7, 11) is -3.41. The summed E-state index contributed by atoms with van der Waals surface area (Å²) in [6.07, 6.45) is 0. The van der Waals surface area contributed by atoms with Crippen LogP contribution < -0.4 is 10.2 Å².